The molecule has 124 valence electrons. The summed E-state index contributed by atoms with van der Waals surface area (Å²) in [6.45, 7) is 3.21. The fourth-order valence-electron chi connectivity index (χ4n) is 3.89. The molecule has 2 aliphatic rings. The molecule has 5 heteroatoms. The highest BCUT2D eigenvalue weighted by Crippen LogP contribution is 2.59. The second-order valence-corrected chi connectivity index (χ2v) is 6.79. The number of rotatable bonds is 4. The van der Waals surface area contributed by atoms with E-state index in [0.29, 0.717) is 19.5 Å². The molecule has 0 radical (unpaired) electrons. The number of piperidine rings is 1. The molecule has 1 aliphatic heterocycles. The molecule has 1 saturated heterocycles. The second-order valence-electron chi connectivity index (χ2n) is 6.79. The number of likely N-dealkylation sites (tertiary alicyclic amines) is 1. The highest BCUT2D eigenvalue weighted by Gasteiger charge is 2.59. The monoisotopic (exact) mass is 319 g/mol. The van der Waals surface area contributed by atoms with Gasteiger partial charge in [-0.3, -0.25) is 9.59 Å². The molecule has 23 heavy (non-hydrogen) atoms. The first-order chi connectivity index (χ1) is 11.0. The number of nitrogens with zero attached hydrogens (tertiary/aromatic N) is 1. The van der Waals surface area contributed by atoms with E-state index in [1.807, 2.05) is 11.8 Å². The minimum absolute atomic E-state index is 0.0692. The maximum absolute atomic E-state index is 13.1. The van der Waals surface area contributed by atoms with E-state index in [9.17, 15) is 14.0 Å². The van der Waals surface area contributed by atoms with Crippen molar-refractivity contribution >= 4 is 11.9 Å². The van der Waals surface area contributed by atoms with E-state index in [2.05, 4.69) is 0 Å². The molecule has 1 aliphatic carbocycles. The Morgan fingerprint density at radius 3 is 2.39 bits per heavy atom. The minimum atomic E-state index is -0.706. The Hall–Kier alpha value is -1.91. The third-order valence-corrected chi connectivity index (χ3v) is 5.54. The molecule has 4 nitrogen and oxygen atoms in total. The number of carboxylic acids is 1. The summed E-state index contributed by atoms with van der Waals surface area (Å²) in [7, 11) is 0. The highest BCUT2D eigenvalue weighted by molar-refractivity contribution is 5.84. The molecule has 1 aromatic rings. The number of hydrogen-bond acceptors (Lipinski definition) is 2. The summed E-state index contributed by atoms with van der Waals surface area (Å²) in [6.07, 6.45) is 2.97. The van der Waals surface area contributed by atoms with Gasteiger partial charge in [0, 0.05) is 13.1 Å². The molecule has 1 heterocycles. The van der Waals surface area contributed by atoms with E-state index >= 15 is 0 Å². The summed E-state index contributed by atoms with van der Waals surface area (Å²) in [5.74, 6) is -1.41. The Bertz CT molecular complexity index is 605. The van der Waals surface area contributed by atoms with Crippen LogP contribution in [0.4, 0.5) is 4.39 Å². The van der Waals surface area contributed by atoms with Gasteiger partial charge in [0.2, 0.25) is 5.91 Å². The fourth-order valence-corrected chi connectivity index (χ4v) is 3.89. The maximum atomic E-state index is 13.1. The second kappa shape index (κ2) is 5.95. The number of hydrogen-bond donors (Lipinski definition) is 1. The predicted octanol–water partition coefficient (Wildman–Crippen LogP) is 3.03. The van der Waals surface area contributed by atoms with E-state index in [0.717, 1.165) is 24.8 Å². The number of carbonyl (C=O) groups excluding carboxylic acids is 1. The molecular formula is C18H22FNO3. The third-order valence-electron chi connectivity index (χ3n) is 5.54. The molecule has 1 N–H and O–H groups in total. The van der Waals surface area contributed by atoms with Gasteiger partial charge in [0.05, 0.1) is 11.8 Å². The first kappa shape index (κ1) is 16.0. The van der Waals surface area contributed by atoms with Crippen LogP contribution in [0.25, 0.3) is 0 Å². The Balaban J connectivity index is 1.64. The molecule has 2 atom stereocenters. The molecule has 1 aromatic carbocycles. The van der Waals surface area contributed by atoms with Gasteiger partial charge < -0.3 is 10.0 Å². The van der Waals surface area contributed by atoms with Crippen molar-refractivity contribution in [1.29, 1.82) is 0 Å². The number of carbonyl (C=O) groups is 2. The van der Waals surface area contributed by atoms with E-state index in [-0.39, 0.29) is 29.0 Å². The van der Waals surface area contributed by atoms with Crippen LogP contribution in [0.15, 0.2) is 24.3 Å². The summed E-state index contributed by atoms with van der Waals surface area (Å²) < 4.78 is 13.1. The molecule has 0 bridgehead atoms. The van der Waals surface area contributed by atoms with Crippen LogP contribution in [-0.2, 0) is 9.59 Å². The van der Waals surface area contributed by atoms with Crippen LogP contribution in [0, 0.1) is 17.2 Å². The average Bonchev–Trinajstić information content (AvgIpc) is 3.24. The smallest absolute Gasteiger partial charge is 0.307 e. The summed E-state index contributed by atoms with van der Waals surface area (Å²) in [4.78, 5) is 25.7. The summed E-state index contributed by atoms with van der Waals surface area (Å²) in [5.41, 5.74) is 0.772. The third kappa shape index (κ3) is 2.96. The van der Waals surface area contributed by atoms with Crippen LogP contribution in [0.2, 0.25) is 0 Å². The molecule has 3 rings (SSSR count). The van der Waals surface area contributed by atoms with Gasteiger partial charge in [-0.25, -0.2) is 4.39 Å². The van der Waals surface area contributed by atoms with E-state index in [1.54, 1.807) is 12.1 Å². The highest BCUT2D eigenvalue weighted by atomic mass is 19.1. The molecule has 0 aromatic heterocycles. The lowest BCUT2D eigenvalue weighted by Crippen LogP contribution is -2.42. The number of benzene rings is 1. The first-order valence-corrected chi connectivity index (χ1v) is 8.24. The Morgan fingerprint density at radius 1 is 1.30 bits per heavy atom. The Labute approximate surface area is 135 Å². The van der Waals surface area contributed by atoms with Crippen LogP contribution in [0.3, 0.4) is 0 Å². The van der Waals surface area contributed by atoms with Crippen LogP contribution < -0.4 is 0 Å². The number of carboxylic acid groups (broad SMARTS) is 1. The number of amides is 1. The van der Waals surface area contributed by atoms with Gasteiger partial charge >= 0.3 is 5.97 Å². The van der Waals surface area contributed by atoms with Crippen molar-refractivity contribution in [1.82, 2.24) is 4.90 Å². The maximum Gasteiger partial charge on any atom is 0.307 e. The molecule has 2 unspecified atom stereocenters. The lowest BCUT2D eigenvalue weighted by Gasteiger charge is -2.34. The van der Waals surface area contributed by atoms with E-state index in [4.69, 9.17) is 5.11 Å². The van der Waals surface area contributed by atoms with Crippen LogP contribution >= 0.6 is 0 Å². The summed E-state index contributed by atoms with van der Waals surface area (Å²) in [6, 6.07) is 6.12. The van der Waals surface area contributed by atoms with Crippen LogP contribution in [0.5, 0.6) is 0 Å². The number of halogens is 1. The normalized spacial score (nSPS) is 23.6. The zero-order chi connectivity index (χ0) is 16.6. The molecule has 2 fully saturated rings. The molecular weight excluding hydrogens is 297 g/mol. The van der Waals surface area contributed by atoms with Crippen molar-refractivity contribution in [2.24, 2.45) is 11.3 Å². The lowest BCUT2D eigenvalue weighted by molar-refractivity contribution is -0.140. The quantitative estimate of drug-likeness (QED) is 0.928. The lowest BCUT2D eigenvalue weighted by atomic mass is 9.88. The Kier molecular flexibility index (Phi) is 4.13. The van der Waals surface area contributed by atoms with Gasteiger partial charge in [0.15, 0.2) is 0 Å². The zero-order valence-electron chi connectivity index (χ0n) is 13.3. The van der Waals surface area contributed by atoms with Gasteiger partial charge in [-0.2, -0.15) is 0 Å². The largest absolute Gasteiger partial charge is 0.481 e. The molecule has 1 spiro atoms. The predicted molar refractivity (Wildman–Crippen MR) is 83.4 cm³/mol. The number of aliphatic carboxylic acids is 1. The van der Waals surface area contributed by atoms with Gasteiger partial charge in [0.1, 0.15) is 5.82 Å². The average molecular weight is 319 g/mol. The summed E-state index contributed by atoms with van der Waals surface area (Å²) >= 11 is 0. The van der Waals surface area contributed by atoms with Gasteiger partial charge in [-0.05, 0) is 48.8 Å². The summed E-state index contributed by atoms with van der Waals surface area (Å²) in [5, 5.41) is 9.13. The van der Waals surface area contributed by atoms with Crippen molar-refractivity contribution in [3.8, 4) is 0 Å². The van der Waals surface area contributed by atoms with Crippen molar-refractivity contribution in [3.63, 3.8) is 0 Å². The standard InChI is InChI=1S/C18H22FNO3/c1-2-14(12-3-5-13(19)6-4-12)16(21)20-9-7-18(8-10-20)11-15(18)17(22)23/h3-6,14-15H,2,7-11H2,1H3,(H,22,23). The van der Waals surface area contributed by atoms with E-state index < -0.39 is 5.97 Å². The van der Waals surface area contributed by atoms with Gasteiger partial charge in [-0.15, -0.1) is 0 Å². The van der Waals surface area contributed by atoms with Crippen molar-refractivity contribution < 1.29 is 19.1 Å². The topological polar surface area (TPSA) is 57.6 Å². The van der Waals surface area contributed by atoms with Crippen molar-refractivity contribution in [3.05, 3.63) is 35.6 Å². The minimum Gasteiger partial charge on any atom is -0.481 e. The van der Waals surface area contributed by atoms with Crippen molar-refractivity contribution in [2.75, 3.05) is 13.1 Å². The van der Waals surface area contributed by atoms with Crippen molar-refractivity contribution in [2.45, 2.75) is 38.5 Å². The van der Waals surface area contributed by atoms with Gasteiger partial charge in [-0.1, -0.05) is 19.1 Å². The fraction of sp³-hybridized carbons (Fsp3) is 0.556. The Morgan fingerprint density at radius 2 is 1.91 bits per heavy atom. The van der Waals surface area contributed by atoms with Crippen LogP contribution in [-0.4, -0.2) is 35.0 Å². The zero-order valence-corrected chi connectivity index (χ0v) is 13.3. The molecule has 1 saturated carbocycles. The SMILES string of the molecule is CCC(C(=O)N1CCC2(CC1)CC2C(=O)O)c1ccc(F)cc1. The first-order valence-electron chi connectivity index (χ1n) is 8.24. The van der Waals surface area contributed by atoms with Gasteiger partial charge in [0.25, 0.3) is 0 Å². The van der Waals surface area contributed by atoms with E-state index in [1.165, 1.54) is 12.1 Å². The molecule has 1 amide bonds. The van der Waals surface area contributed by atoms with Crippen LogP contribution in [0.1, 0.15) is 44.1 Å².